The number of carboxylic acids is 1. The van der Waals surface area contributed by atoms with Crippen LogP contribution in [0.3, 0.4) is 0 Å². The highest BCUT2D eigenvalue weighted by atomic mass is 16.4. The summed E-state index contributed by atoms with van der Waals surface area (Å²) in [6, 6.07) is -0.173. The monoisotopic (exact) mass is 299 g/mol. The number of amides is 3. The number of aliphatic carboxylic acids is 1. The number of carbonyl (C=O) groups excluding carboxylic acids is 2. The van der Waals surface area contributed by atoms with E-state index in [9.17, 15) is 14.4 Å². The van der Waals surface area contributed by atoms with Crippen molar-refractivity contribution < 1.29 is 19.5 Å². The second kappa shape index (κ2) is 8.49. The Morgan fingerprint density at radius 2 is 1.86 bits per heavy atom. The first kappa shape index (κ1) is 17.3. The van der Waals surface area contributed by atoms with Crippen molar-refractivity contribution in [1.29, 1.82) is 0 Å². The minimum Gasteiger partial charge on any atom is -0.481 e. The van der Waals surface area contributed by atoms with E-state index < -0.39 is 12.0 Å². The predicted molar refractivity (Wildman–Crippen MR) is 77.8 cm³/mol. The van der Waals surface area contributed by atoms with Gasteiger partial charge in [0.25, 0.3) is 0 Å². The van der Waals surface area contributed by atoms with E-state index in [1.165, 1.54) is 0 Å². The fraction of sp³-hybridized carbons (Fsp3) is 0.786. The van der Waals surface area contributed by atoms with Crippen LogP contribution >= 0.6 is 0 Å². The van der Waals surface area contributed by atoms with E-state index in [1.807, 2.05) is 13.8 Å². The molecule has 0 heterocycles. The molecule has 0 radical (unpaired) electrons. The van der Waals surface area contributed by atoms with Crippen LogP contribution in [0.2, 0.25) is 0 Å². The normalized spacial score (nSPS) is 15.4. The van der Waals surface area contributed by atoms with Crippen LogP contribution in [0.1, 0.15) is 39.5 Å². The Bertz CT molecular complexity index is 380. The van der Waals surface area contributed by atoms with Crippen LogP contribution in [0, 0.1) is 11.8 Å². The summed E-state index contributed by atoms with van der Waals surface area (Å²) >= 11 is 0. The third-order valence-corrected chi connectivity index (χ3v) is 3.17. The van der Waals surface area contributed by atoms with E-state index in [0.29, 0.717) is 12.5 Å². The summed E-state index contributed by atoms with van der Waals surface area (Å²) in [5, 5.41) is 16.7. The Hall–Kier alpha value is -1.79. The van der Waals surface area contributed by atoms with Gasteiger partial charge in [-0.25, -0.2) is 4.79 Å². The van der Waals surface area contributed by atoms with Crippen molar-refractivity contribution in [2.45, 2.75) is 45.6 Å². The third kappa shape index (κ3) is 8.88. The molecule has 0 bridgehead atoms. The van der Waals surface area contributed by atoms with Gasteiger partial charge in [0.2, 0.25) is 5.91 Å². The molecule has 120 valence electrons. The highest BCUT2D eigenvalue weighted by Crippen LogP contribution is 2.18. The lowest BCUT2D eigenvalue weighted by atomic mass is 9.94. The lowest BCUT2D eigenvalue weighted by molar-refractivity contribution is -0.138. The molecule has 7 nitrogen and oxygen atoms in total. The Kier molecular flexibility index (Phi) is 6.98. The molecule has 0 aromatic carbocycles. The molecule has 0 aromatic rings. The number of rotatable bonds is 9. The van der Waals surface area contributed by atoms with E-state index >= 15 is 0 Å². The molecule has 3 amide bonds. The van der Waals surface area contributed by atoms with Gasteiger partial charge in [-0.3, -0.25) is 9.59 Å². The average molecular weight is 299 g/mol. The minimum atomic E-state index is -0.869. The van der Waals surface area contributed by atoms with Crippen LogP contribution in [0.4, 0.5) is 4.79 Å². The molecule has 1 aliphatic carbocycles. The van der Waals surface area contributed by atoms with E-state index in [1.54, 1.807) is 0 Å². The Labute approximate surface area is 124 Å². The van der Waals surface area contributed by atoms with Gasteiger partial charge in [0.05, 0.1) is 6.54 Å². The molecule has 7 heteroatoms. The quantitative estimate of drug-likeness (QED) is 0.502. The number of carbonyl (C=O) groups is 3. The van der Waals surface area contributed by atoms with E-state index in [0.717, 1.165) is 19.3 Å². The molecule has 1 rings (SSSR count). The van der Waals surface area contributed by atoms with Crippen LogP contribution in [-0.4, -0.2) is 42.1 Å². The summed E-state index contributed by atoms with van der Waals surface area (Å²) in [5.74, 6) is -0.805. The Morgan fingerprint density at radius 1 is 1.19 bits per heavy atom. The highest BCUT2D eigenvalue weighted by molar-refractivity contribution is 5.84. The number of nitrogens with one attached hydrogen (secondary N) is 3. The summed E-state index contributed by atoms with van der Waals surface area (Å²) in [7, 11) is 0. The van der Waals surface area contributed by atoms with Gasteiger partial charge in [0, 0.05) is 19.0 Å². The van der Waals surface area contributed by atoms with Crippen molar-refractivity contribution in [1.82, 2.24) is 16.0 Å². The summed E-state index contributed by atoms with van der Waals surface area (Å²) < 4.78 is 0. The smallest absolute Gasteiger partial charge is 0.315 e. The maximum absolute atomic E-state index is 11.6. The first-order valence-electron chi connectivity index (χ1n) is 7.39. The molecule has 21 heavy (non-hydrogen) atoms. The van der Waals surface area contributed by atoms with Crippen molar-refractivity contribution in [3.63, 3.8) is 0 Å². The maximum Gasteiger partial charge on any atom is 0.315 e. The molecule has 1 atom stereocenters. The van der Waals surface area contributed by atoms with Crippen LogP contribution in [0.5, 0.6) is 0 Å². The van der Waals surface area contributed by atoms with Crippen LogP contribution in [0.25, 0.3) is 0 Å². The summed E-state index contributed by atoms with van der Waals surface area (Å²) in [5.41, 5.74) is 0. The van der Waals surface area contributed by atoms with Crippen molar-refractivity contribution in [3.05, 3.63) is 0 Å². The zero-order valence-electron chi connectivity index (χ0n) is 12.6. The fourth-order valence-corrected chi connectivity index (χ4v) is 2.12. The first-order valence-corrected chi connectivity index (χ1v) is 7.39. The van der Waals surface area contributed by atoms with Crippen molar-refractivity contribution >= 4 is 17.9 Å². The largest absolute Gasteiger partial charge is 0.481 e. The van der Waals surface area contributed by atoms with Gasteiger partial charge >= 0.3 is 12.0 Å². The zero-order valence-corrected chi connectivity index (χ0v) is 12.6. The van der Waals surface area contributed by atoms with Crippen molar-refractivity contribution in [2.24, 2.45) is 11.8 Å². The third-order valence-electron chi connectivity index (χ3n) is 3.17. The number of carboxylic acid groups (broad SMARTS) is 1. The van der Waals surface area contributed by atoms with E-state index in [2.05, 4.69) is 16.0 Å². The Morgan fingerprint density at radius 3 is 2.38 bits per heavy atom. The molecule has 1 aliphatic rings. The molecule has 4 N–H and O–H groups in total. The molecule has 0 aliphatic heterocycles. The minimum absolute atomic E-state index is 0.0284. The van der Waals surface area contributed by atoms with Gasteiger partial charge in [-0.1, -0.05) is 13.8 Å². The van der Waals surface area contributed by atoms with Gasteiger partial charge in [-0.05, 0) is 31.1 Å². The molecule has 0 unspecified atom stereocenters. The summed E-state index contributed by atoms with van der Waals surface area (Å²) in [6.07, 6.45) is 2.77. The average Bonchev–Trinajstić information content (AvgIpc) is 3.16. The second-order valence-corrected chi connectivity index (χ2v) is 6.00. The van der Waals surface area contributed by atoms with E-state index in [4.69, 9.17) is 5.11 Å². The van der Waals surface area contributed by atoms with Gasteiger partial charge in [-0.2, -0.15) is 0 Å². The number of urea groups is 1. The lowest BCUT2D eigenvalue weighted by Crippen LogP contribution is -2.44. The van der Waals surface area contributed by atoms with Crippen LogP contribution < -0.4 is 16.0 Å². The molecular formula is C14H25N3O4. The number of hydrogen-bond donors (Lipinski definition) is 4. The molecule has 0 spiro atoms. The molecule has 0 saturated heterocycles. The fourth-order valence-electron chi connectivity index (χ4n) is 2.12. The molecule has 0 aromatic heterocycles. The Balaban J connectivity index is 2.21. The van der Waals surface area contributed by atoms with Gasteiger partial charge in [0.1, 0.15) is 0 Å². The SMILES string of the molecule is CC(C)C[C@H](CNC(=O)NCC(=O)NC1CC1)CC(=O)O. The van der Waals surface area contributed by atoms with Crippen molar-refractivity contribution in [2.75, 3.05) is 13.1 Å². The molecule has 1 saturated carbocycles. The van der Waals surface area contributed by atoms with E-state index in [-0.39, 0.29) is 30.8 Å². The lowest BCUT2D eigenvalue weighted by Gasteiger charge is -2.18. The first-order chi connectivity index (χ1) is 9.86. The molecular weight excluding hydrogens is 274 g/mol. The van der Waals surface area contributed by atoms with Crippen molar-refractivity contribution in [3.8, 4) is 0 Å². The van der Waals surface area contributed by atoms with Crippen LogP contribution in [0.15, 0.2) is 0 Å². The second-order valence-electron chi connectivity index (χ2n) is 6.00. The summed E-state index contributed by atoms with van der Waals surface area (Å²) in [6.45, 7) is 4.25. The standard InChI is InChI=1S/C14H25N3O4/c1-9(2)5-10(6-13(19)20)7-15-14(21)16-8-12(18)17-11-3-4-11/h9-11H,3-8H2,1-2H3,(H,17,18)(H,19,20)(H2,15,16,21)/t10-/m0/s1. The molecule has 1 fully saturated rings. The highest BCUT2D eigenvalue weighted by Gasteiger charge is 2.23. The maximum atomic E-state index is 11.6. The predicted octanol–water partition coefficient (Wildman–Crippen LogP) is 0.701. The van der Waals surface area contributed by atoms with Gasteiger partial charge in [0.15, 0.2) is 0 Å². The topological polar surface area (TPSA) is 108 Å². The number of hydrogen-bond acceptors (Lipinski definition) is 3. The van der Waals surface area contributed by atoms with Crippen LogP contribution in [-0.2, 0) is 9.59 Å². The summed E-state index contributed by atoms with van der Waals surface area (Å²) in [4.78, 5) is 33.7. The van der Waals surface area contributed by atoms with Gasteiger partial charge < -0.3 is 21.1 Å². The van der Waals surface area contributed by atoms with Gasteiger partial charge in [-0.15, -0.1) is 0 Å². The zero-order chi connectivity index (χ0) is 15.8.